The number of aryl methyl sites for hydroxylation is 1. The summed E-state index contributed by atoms with van der Waals surface area (Å²) in [6, 6.07) is 7.18. The van der Waals surface area contributed by atoms with Gasteiger partial charge in [-0.2, -0.15) is 0 Å². The third kappa shape index (κ3) is 17.9. The first kappa shape index (κ1) is 43.5. The predicted molar refractivity (Wildman–Crippen MR) is 174 cm³/mol. The van der Waals surface area contributed by atoms with Crippen LogP contribution in [0.2, 0.25) is 0 Å². The number of unbranched alkanes of at least 4 members (excludes halogenated alkanes) is 3. The Kier molecular flexibility index (Phi) is 23.7. The summed E-state index contributed by atoms with van der Waals surface area (Å²) in [5, 5.41) is 22.1. The number of likely N-dealkylation sites (tertiary alicyclic amines) is 1. The summed E-state index contributed by atoms with van der Waals surface area (Å²) in [5.41, 5.74) is 6.70. The smallest absolute Gasteiger partial charge is 0.328 e. The third-order valence-electron chi connectivity index (χ3n) is 7.26. The summed E-state index contributed by atoms with van der Waals surface area (Å²) < 4.78 is 10.9. The summed E-state index contributed by atoms with van der Waals surface area (Å²) in [6.07, 6.45) is 5.01. The molecule has 1 amide bonds. The van der Waals surface area contributed by atoms with Crippen LogP contribution in [-0.2, 0) is 40.0 Å². The lowest BCUT2D eigenvalue weighted by atomic mass is 10.0. The number of ether oxygens (including phenoxy) is 2. The second-order valence-corrected chi connectivity index (χ2v) is 10.6. The number of hydrogen-bond donors (Lipinski definition) is 2. The first-order valence-corrected chi connectivity index (χ1v) is 15.4. The van der Waals surface area contributed by atoms with Gasteiger partial charge in [-0.25, -0.2) is 4.79 Å². The van der Waals surface area contributed by atoms with Crippen LogP contribution in [0, 0.1) is 20.2 Å². The number of rotatable bonds is 24. The molecule has 2 rings (SSSR count). The molecule has 1 aromatic carbocycles. The van der Waals surface area contributed by atoms with Crippen molar-refractivity contribution in [2.24, 2.45) is 5.73 Å². The second kappa shape index (κ2) is 25.6. The van der Waals surface area contributed by atoms with Crippen molar-refractivity contribution in [1.29, 1.82) is 0 Å². The fourth-order valence-electron chi connectivity index (χ4n) is 4.94. The zero-order valence-electron chi connectivity index (χ0n) is 26.4. The van der Waals surface area contributed by atoms with E-state index in [1.807, 2.05) is 30.3 Å². The Morgan fingerprint density at radius 3 is 2.04 bits per heavy atom. The number of halogens is 2. The van der Waals surface area contributed by atoms with Crippen LogP contribution in [0.1, 0.15) is 69.8 Å². The van der Waals surface area contributed by atoms with Gasteiger partial charge in [0.2, 0.25) is 5.91 Å². The minimum atomic E-state index is -0.879. The van der Waals surface area contributed by atoms with E-state index in [1.165, 1.54) is 4.90 Å². The summed E-state index contributed by atoms with van der Waals surface area (Å²) >= 11 is 0. The van der Waals surface area contributed by atoms with Gasteiger partial charge < -0.3 is 29.8 Å². The van der Waals surface area contributed by atoms with Crippen LogP contribution in [0.5, 0.6) is 0 Å². The fraction of sp³-hybridized carbons (Fsp3) is 0.690. The highest BCUT2D eigenvalue weighted by atomic mass is 35.5. The molecule has 1 aliphatic heterocycles. The van der Waals surface area contributed by atoms with E-state index in [-0.39, 0.29) is 57.1 Å². The zero-order chi connectivity index (χ0) is 32.9. The van der Waals surface area contributed by atoms with Gasteiger partial charge in [0.15, 0.2) is 0 Å². The van der Waals surface area contributed by atoms with E-state index in [0.29, 0.717) is 83.7 Å². The maximum absolute atomic E-state index is 13.9. The van der Waals surface area contributed by atoms with Crippen molar-refractivity contribution < 1.29 is 43.7 Å². The molecule has 0 aliphatic carbocycles. The van der Waals surface area contributed by atoms with Gasteiger partial charge in [0.1, 0.15) is 12.1 Å². The summed E-state index contributed by atoms with van der Waals surface area (Å²) in [4.78, 5) is 70.6. The molecule has 0 radical (unpaired) electrons. The Bertz CT molecular complexity index is 1070. The first-order valence-electron chi connectivity index (χ1n) is 15.4. The van der Waals surface area contributed by atoms with Gasteiger partial charge in [-0.1, -0.05) is 36.8 Å². The van der Waals surface area contributed by atoms with Crippen molar-refractivity contribution in [2.45, 2.75) is 88.8 Å². The number of nitrogens with two attached hydrogens (primary N) is 1. The summed E-state index contributed by atoms with van der Waals surface area (Å²) in [7, 11) is 0. The number of amides is 1. The summed E-state index contributed by atoms with van der Waals surface area (Å²) in [6.45, 7) is 0.670. The van der Waals surface area contributed by atoms with E-state index in [9.17, 15) is 34.6 Å². The van der Waals surface area contributed by atoms with E-state index >= 15 is 0 Å². The van der Waals surface area contributed by atoms with Crippen LogP contribution >= 0.6 is 24.8 Å². The SMILES string of the molecule is Cl.Cl.NCCCC[C@H](N[C@@H](CCc1ccccc1)C(=O)OCCCCO[N+](=O)[O-])C(=O)N1CCC[C@H]1C(=O)OCCCCO[N+](=O)[O-]. The molecule has 0 aromatic heterocycles. The zero-order valence-corrected chi connectivity index (χ0v) is 28.0. The van der Waals surface area contributed by atoms with Crippen LogP contribution in [0.3, 0.4) is 0 Å². The van der Waals surface area contributed by atoms with Crippen molar-refractivity contribution in [2.75, 3.05) is 39.5 Å². The quantitative estimate of drug-likeness (QED) is 0.0683. The second-order valence-electron chi connectivity index (χ2n) is 10.6. The molecule has 1 aromatic rings. The maximum atomic E-state index is 13.9. The van der Waals surface area contributed by atoms with E-state index in [1.54, 1.807) is 0 Å². The Balaban J connectivity index is 0.0000106. The molecule has 0 bridgehead atoms. The molecule has 3 N–H and O–H groups in total. The van der Waals surface area contributed by atoms with Crippen molar-refractivity contribution in [3.63, 3.8) is 0 Å². The first-order chi connectivity index (χ1) is 21.7. The fourth-order valence-corrected chi connectivity index (χ4v) is 4.94. The lowest BCUT2D eigenvalue weighted by Gasteiger charge is -2.30. The molecular weight excluding hydrogens is 665 g/mol. The molecule has 18 heteroatoms. The molecule has 1 aliphatic rings. The number of carbonyl (C=O) groups is 3. The van der Waals surface area contributed by atoms with Crippen LogP contribution in [0.4, 0.5) is 0 Å². The average Bonchev–Trinajstić information content (AvgIpc) is 3.52. The topological polar surface area (TPSA) is 216 Å². The van der Waals surface area contributed by atoms with Gasteiger partial charge >= 0.3 is 11.9 Å². The summed E-state index contributed by atoms with van der Waals surface area (Å²) in [5.74, 6) is -1.41. The van der Waals surface area contributed by atoms with Crippen molar-refractivity contribution in [1.82, 2.24) is 10.2 Å². The van der Waals surface area contributed by atoms with E-state index in [0.717, 1.165) is 5.56 Å². The van der Waals surface area contributed by atoms with Gasteiger partial charge in [0.25, 0.3) is 10.2 Å². The standard InChI is InChI=1S/C29H45N5O11.2ClH/c30-17-5-4-13-24(27(35)32-18-10-14-26(32)29(37)43-20-7-9-22-45-34(40)41)31-25(16-15-23-11-2-1-3-12-23)28(36)42-19-6-8-21-44-33(38)39;;/h1-3,11-12,24-26,31H,4-10,13-22,30H2;2*1H/t24-,25-,26-;;/m0../s1. The minimum Gasteiger partial charge on any atom is -0.465 e. The highest BCUT2D eigenvalue weighted by Gasteiger charge is 2.39. The highest BCUT2D eigenvalue weighted by Crippen LogP contribution is 2.22. The molecule has 3 atom stereocenters. The number of esters is 2. The van der Waals surface area contributed by atoms with Gasteiger partial charge in [-0.15, -0.1) is 45.0 Å². The van der Waals surface area contributed by atoms with Crippen LogP contribution in [-0.4, -0.2) is 90.6 Å². The largest absolute Gasteiger partial charge is 0.465 e. The Hall–Kier alpha value is -3.47. The third-order valence-corrected chi connectivity index (χ3v) is 7.26. The van der Waals surface area contributed by atoms with Gasteiger partial charge in [0, 0.05) is 6.54 Å². The number of carbonyl (C=O) groups excluding carboxylic acids is 3. The molecule has 1 fully saturated rings. The molecule has 0 unspecified atom stereocenters. The maximum Gasteiger partial charge on any atom is 0.328 e. The Morgan fingerprint density at radius 2 is 1.45 bits per heavy atom. The molecule has 0 saturated carbocycles. The monoisotopic (exact) mass is 711 g/mol. The number of hydrogen-bond acceptors (Lipinski definition) is 13. The highest BCUT2D eigenvalue weighted by molar-refractivity contribution is 5.89. The van der Waals surface area contributed by atoms with Crippen LogP contribution in [0.25, 0.3) is 0 Å². The Morgan fingerprint density at radius 1 is 0.851 bits per heavy atom. The molecule has 268 valence electrons. The normalized spacial score (nSPS) is 14.9. The molecule has 47 heavy (non-hydrogen) atoms. The number of nitrogens with one attached hydrogen (secondary N) is 1. The van der Waals surface area contributed by atoms with Gasteiger partial charge in [0.05, 0.1) is 32.5 Å². The number of benzene rings is 1. The molecular formula is C29H47Cl2N5O11. The van der Waals surface area contributed by atoms with Crippen LogP contribution in [0.15, 0.2) is 30.3 Å². The lowest BCUT2D eigenvalue weighted by Crippen LogP contribution is -2.54. The van der Waals surface area contributed by atoms with E-state index in [2.05, 4.69) is 15.0 Å². The Labute approximate surface area is 286 Å². The molecule has 16 nitrogen and oxygen atoms in total. The van der Waals surface area contributed by atoms with Gasteiger partial charge in [-0.05, 0) is 76.3 Å². The van der Waals surface area contributed by atoms with E-state index < -0.39 is 40.2 Å². The van der Waals surface area contributed by atoms with Crippen molar-refractivity contribution in [3.05, 3.63) is 56.1 Å². The number of nitrogens with zero attached hydrogens (tertiary/aromatic N) is 3. The van der Waals surface area contributed by atoms with Gasteiger partial charge in [-0.3, -0.25) is 14.9 Å². The lowest BCUT2D eigenvalue weighted by molar-refractivity contribution is -0.757. The van der Waals surface area contributed by atoms with Crippen molar-refractivity contribution >= 4 is 42.7 Å². The van der Waals surface area contributed by atoms with Crippen LogP contribution < -0.4 is 11.1 Å². The molecule has 1 saturated heterocycles. The van der Waals surface area contributed by atoms with E-state index in [4.69, 9.17) is 15.2 Å². The van der Waals surface area contributed by atoms with Crippen molar-refractivity contribution in [3.8, 4) is 0 Å². The average molecular weight is 713 g/mol. The predicted octanol–water partition coefficient (Wildman–Crippen LogP) is 2.97. The minimum absolute atomic E-state index is 0. The molecule has 0 spiro atoms. The molecule has 1 heterocycles.